The van der Waals surface area contributed by atoms with E-state index < -0.39 is 0 Å². The third-order valence-electron chi connectivity index (χ3n) is 7.22. The fourth-order valence-electron chi connectivity index (χ4n) is 5.03. The zero-order valence-corrected chi connectivity index (χ0v) is 26.8. The molecule has 0 atom stereocenters. The Balaban J connectivity index is 0.00000144. The first-order valence-electron chi connectivity index (χ1n) is 14.6. The summed E-state index contributed by atoms with van der Waals surface area (Å²) in [5.41, 5.74) is 5.23. The van der Waals surface area contributed by atoms with Crippen molar-refractivity contribution in [3.05, 3.63) is 91.4 Å². The Hall–Kier alpha value is -5.91. The molecule has 244 valence electrons. The summed E-state index contributed by atoms with van der Waals surface area (Å²) in [6.45, 7) is 15.1. The van der Waals surface area contributed by atoms with Crippen LogP contribution in [-0.4, -0.2) is 77.3 Å². The maximum Gasteiger partial charge on any atom is 0.261 e. The van der Waals surface area contributed by atoms with Crippen LogP contribution in [0.4, 0.5) is 11.4 Å². The van der Waals surface area contributed by atoms with Gasteiger partial charge < -0.3 is 24.0 Å². The van der Waals surface area contributed by atoms with Crippen LogP contribution in [0.5, 0.6) is 11.5 Å². The van der Waals surface area contributed by atoms with Crippen molar-refractivity contribution < 1.29 is 28.7 Å². The second-order valence-electron chi connectivity index (χ2n) is 10.1. The lowest BCUT2D eigenvalue weighted by Crippen LogP contribution is -2.32. The minimum absolute atomic E-state index is 0.184. The number of aryl methyl sites for hydroxylation is 1. The number of methoxy groups -OCH3 is 2. The maximum atomic E-state index is 12.9. The van der Waals surface area contributed by atoms with Gasteiger partial charge in [0.1, 0.15) is 25.1 Å². The molecule has 1 fully saturated rings. The number of rotatable bonds is 12. The van der Waals surface area contributed by atoms with Gasteiger partial charge in [0.2, 0.25) is 0 Å². The van der Waals surface area contributed by atoms with Gasteiger partial charge in [-0.3, -0.25) is 24.2 Å². The molecule has 1 saturated heterocycles. The number of allylic oxidation sites excluding steroid dienone is 2. The monoisotopic (exact) mass is 638 g/mol. The van der Waals surface area contributed by atoms with E-state index in [1.807, 2.05) is 54.8 Å². The van der Waals surface area contributed by atoms with Crippen LogP contribution in [0.3, 0.4) is 0 Å². The highest BCUT2D eigenvalue weighted by atomic mass is 16.5. The van der Waals surface area contributed by atoms with Gasteiger partial charge in [-0.25, -0.2) is 4.98 Å². The maximum absolute atomic E-state index is 12.9. The third-order valence-corrected chi connectivity index (χ3v) is 7.22. The van der Waals surface area contributed by atoms with Crippen LogP contribution in [0.15, 0.2) is 91.4 Å². The standard InChI is InChI=1S/C33H34N6O4.2CH2O/c1-6-9-28-22(3)32(40)39(33(28)41)14-8-13-38(25-15-26(42-4)18-27(16-25)43-5)24-10-11-29-30(17-24)36-31(20-34-29)23-19-35-37(21-23)12-7-2;2*1-2/h6,9-11,15-21H,1,3,7-8,12-14H2,2,4-5H3;2*1H2/b28-9+;;. The summed E-state index contributed by atoms with van der Waals surface area (Å²) < 4.78 is 13.0. The summed E-state index contributed by atoms with van der Waals surface area (Å²) in [6, 6.07) is 11.5. The number of aromatic nitrogens is 4. The highest BCUT2D eigenvalue weighted by molar-refractivity contribution is 6.24. The molecule has 0 aliphatic carbocycles. The summed E-state index contributed by atoms with van der Waals surface area (Å²) >= 11 is 0. The van der Waals surface area contributed by atoms with Crippen molar-refractivity contribution in [2.45, 2.75) is 26.3 Å². The first-order valence-corrected chi connectivity index (χ1v) is 14.6. The molecule has 12 heteroatoms. The molecule has 2 aromatic carbocycles. The summed E-state index contributed by atoms with van der Waals surface area (Å²) in [5, 5.41) is 4.43. The number of likely N-dealkylation sites (tertiary alicyclic amines) is 1. The highest BCUT2D eigenvalue weighted by Gasteiger charge is 2.36. The Morgan fingerprint density at radius 3 is 2.23 bits per heavy atom. The van der Waals surface area contributed by atoms with E-state index in [4.69, 9.17) is 24.0 Å². The number of amides is 2. The average molecular weight is 639 g/mol. The van der Waals surface area contributed by atoms with Crippen LogP contribution in [0.25, 0.3) is 22.3 Å². The van der Waals surface area contributed by atoms with Crippen LogP contribution < -0.4 is 14.4 Å². The number of ether oxygens (including phenoxy) is 2. The van der Waals surface area contributed by atoms with Crippen molar-refractivity contribution >= 4 is 47.8 Å². The topological polar surface area (TPSA) is 137 Å². The largest absolute Gasteiger partial charge is 0.497 e. The molecule has 0 radical (unpaired) electrons. The van der Waals surface area contributed by atoms with Crippen molar-refractivity contribution in [1.82, 2.24) is 24.6 Å². The quantitative estimate of drug-likeness (QED) is 0.152. The van der Waals surface area contributed by atoms with Crippen LogP contribution in [-0.2, 0) is 25.7 Å². The van der Waals surface area contributed by atoms with Gasteiger partial charge >= 0.3 is 0 Å². The lowest BCUT2D eigenvalue weighted by Gasteiger charge is -2.27. The summed E-state index contributed by atoms with van der Waals surface area (Å²) in [7, 11) is 3.20. The molecule has 3 heterocycles. The van der Waals surface area contributed by atoms with Gasteiger partial charge in [-0.15, -0.1) is 0 Å². The number of anilines is 2. The second kappa shape index (κ2) is 17.0. The van der Waals surface area contributed by atoms with E-state index >= 15 is 0 Å². The highest BCUT2D eigenvalue weighted by Crippen LogP contribution is 2.34. The van der Waals surface area contributed by atoms with Crippen LogP contribution in [0.1, 0.15) is 19.8 Å². The molecule has 5 rings (SSSR count). The van der Waals surface area contributed by atoms with Crippen LogP contribution in [0.2, 0.25) is 0 Å². The molecule has 2 aromatic heterocycles. The molecule has 2 amide bonds. The van der Waals surface area contributed by atoms with E-state index in [1.54, 1.807) is 32.7 Å². The predicted octanol–water partition coefficient (Wildman–Crippen LogP) is 5.12. The lowest BCUT2D eigenvalue weighted by molar-refractivity contribution is -0.136. The van der Waals surface area contributed by atoms with Gasteiger partial charge in [0, 0.05) is 66.5 Å². The van der Waals surface area contributed by atoms with E-state index in [0.29, 0.717) is 24.5 Å². The van der Waals surface area contributed by atoms with Crippen molar-refractivity contribution in [1.29, 1.82) is 0 Å². The lowest BCUT2D eigenvalue weighted by atomic mass is 10.1. The number of imide groups is 1. The second-order valence-corrected chi connectivity index (χ2v) is 10.1. The van der Waals surface area contributed by atoms with E-state index in [9.17, 15) is 9.59 Å². The molecule has 0 saturated carbocycles. The van der Waals surface area contributed by atoms with Crippen LogP contribution in [0, 0.1) is 0 Å². The Morgan fingerprint density at radius 2 is 1.60 bits per heavy atom. The zero-order chi connectivity index (χ0) is 34.5. The van der Waals surface area contributed by atoms with E-state index in [-0.39, 0.29) is 29.5 Å². The van der Waals surface area contributed by atoms with Crippen molar-refractivity contribution in [2.24, 2.45) is 0 Å². The number of fused-ring (bicyclic) bond motifs is 1. The number of benzene rings is 2. The number of nitrogens with zero attached hydrogens (tertiary/aromatic N) is 6. The van der Waals surface area contributed by atoms with E-state index in [0.717, 1.165) is 46.6 Å². The Bertz CT molecular complexity index is 1760. The minimum Gasteiger partial charge on any atom is -0.497 e. The zero-order valence-electron chi connectivity index (χ0n) is 26.8. The van der Waals surface area contributed by atoms with Gasteiger partial charge in [0.05, 0.1) is 48.9 Å². The molecule has 0 unspecified atom stereocenters. The predicted molar refractivity (Wildman–Crippen MR) is 181 cm³/mol. The Kier molecular flexibility index (Phi) is 12.8. The molecule has 0 bridgehead atoms. The molecule has 0 spiro atoms. The van der Waals surface area contributed by atoms with Gasteiger partial charge in [-0.2, -0.15) is 5.10 Å². The Morgan fingerprint density at radius 1 is 0.894 bits per heavy atom. The molecular weight excluding hydrogens is 600 g/mol. The van der Waals surface area contributed by atoms with Crippen molar-refractivity contribution in [3.63, 3.8) is 0 Å². The number of carbonyl (C=O) groups is 4. The number of carbonyl (C=O) groups excluding carboxylic acids is 4. The van der Waals surface area contributed by atoms with Crippen molar-refractivity contribution in [2.75, 3.05) is 32.2 Å². The molecular formula is C35H38N6O6. The molecule has 47 heavy (non-hydrogen) atoms. The van der Waals surface area contributed by atoms with E-state index in [2.05, 4.69) is 35.1 Å². The molecule has 1 aliphatic heterocycles. The SMILES string of the molecule is C=C/C=C1\C(=C)C(=O)N(CCCN(c2cc(OC)cc(OC)c2)c2ccc3ncc(-c4cnn(CCC)c4)nc3c2)C1=O.C=O.C=O. The van der Waals surface area contributed by atoms with Gasteiger partial charge in [0.15, 0.2) is 0 Å². The Labute approximate surface area is 273 Å². The van der Waals surface area contributed by atoms with E-state index in [1.165, 1.54) is 17.1 Å². The molecule has 4 aromatic rings. The van der Waals surface area contributed by atoms with Gasteiger partial charge in [-0.1, -0.05) is 26.2 Å². The summed E-state index contributed by atoms with van der Waals surface area (Å²) in [5.74, 6) is 0.516. The minimum atomic E-state index is -0.386. The molecule has 12 nitrogen and oxygen atoms in total. The first-order chi connectivity index (χ1) is 22.9. The molecule has 1 aliphatic rings. The van der Waals surface area contributed by atoms with Crippen LogP contribution >= 0.6 is 0 Å². The summed E-state index contributed by atoms with van der Waals surface area (Å²) in [4.78, 5) is 54.5. The average Bonchev–Trinajstić information content (AvgIpc) is 3.66. The fourth-order valence-corrected chi connectivity index (χ4v) is 5.03. The number of hydrogen-bond donors (Lipinski definition) is 0. The molecule has 0 N–H and O–H groups in total. The smallest absolute Gasteiger partial charge is 0.261 e. The first kappa shape index (κ1) is 35.6. The van der Waals surface area contributed by atoms with Crippen molar-refractivity contribution in [3.8, 4) is 22.8 Å². The number of hydrogen-bond acceptors (Lipinski definition) is 10. The third kappa shape index (κ3) is 8.03. The van der Waals surface area contributed by atoms with Gasteiger partial charge in [0.25, 0.3) is 11.8 Å². The summed E-state index contributed by atoms with van der Waals surface area (Å²) in [6.07, 6.45) is 10.0. The normalized spacial score (nSPS) is 13.1. The fraction of sp³-hybridized carbons (Fsp3) is 0.229. The van der Waals surface area contributed by atoms with Gasteiger partial charge in [-0.05, 0) is 37.1 Å².